The largest absolute Gasteiger partial charge is 0.395 e. The zero-order chi connectivity index (χ0) is 13.0. The minimum atomic E-state index is -0.383. The maximum atomic E-state index is 11.6. The lowest BCUT2D eigenvalue weighted by atomic mass is 10.0. The van der Waals surface area contributed by atoms with Gasteiger partial charge in [-0.15, -0.1) is 0 Å². The van der Waals surface area contributed by atoms with Crippen LogP contribution < -0.4 is 16.4 Å². The second-order valence-electron chi connectivity index (χ2n) is 4.55. The van der Waals surface area contributed by atoms with Crippen molar-refractivity contribution in [3.05, 3.63) is 23.7 Å². The SMILES string of the molecule is CC1/C=C(/N)C(=O)N/C(NC(=O)C(C)C)=C/C1. The van der Waals surface area contributed by atoms with Crippen molar-refractivity contribution in [1.29, 1.82) is 0 Å². The zero-order valence-electron chi connectivity index (χ0n) is 10.4. The van der Waals surface area contributed by atoms with Crippen molar-refractivity contribution in [1.82, 2.24) is 10.6 Å². The molecule has 1 heterocycles. The Morgan fingerprint density at radius 1 is 1.59 bits per heavy atom. The van der Waals surface area contributed by atoms with Gasteiger partial charge in [-0.1, -0.05) is 26.8 Å². The van der Waals surface area contributed by atoms with E-state index < -0.39 is 0 Å². The fraction of sp³-hybridized carbons (Fsp3) is 0.500. The predicted octanol–water partition coefficient (Wildman–Crippen LogP) is 0.599. The summed E-state index contributed by atoms with van der Waals surface area (Å²) in [6.45, 7) is 5.54. The molecule has 0 aromatic heterocycles. The summed E-state index contributed by atoms with van der Waals surface area (Å²) in [6.07, 6.45) is 4.23. The molecular formula is C12H19N3O2. The van der Waals surface area contributed by atoms with E-state index in [1.807, 2.05) is 6.92 Å². The van der Waals surface area contributed by atoms with Crippen molar-refractivity contribution >= 4 is 11.8 Å². The summed E-state index contributed by atoms with van der Waals surface area (Å²) < 4.78 is 0. The highest BCUT2D eigenvalue weighted by molar-refractivity contribution is 5.94. The summed E-state index contributed by atoms with van der Waals surface area (Å²) in [7, 11) is 0. The average Bonchev–Trinajstić information content (AvgIpc) is 2.24. The molecular weight excluding hydrogens is 218 g/mol. The van der Waals surface area contributed by atoms with Gasteiger partial charge < -0.3 is 16.4 Å². The molecule has 1 atom stereocenters. The molecule has 0 aromatic carbocycles. The molecule has 0 aliphatic carbocycles. The van der Waals surface area contributed by atoms with E-state index in [4.69, 9.17) is 5.73 Å². The monoisotopic (exact) mass is 237 g/mol. The van der Waals surface area contributed by atoms with Crippen LogP contribution >= 0.6 is 0 Å². The van der Waals surface area contributed by atoms with Gasteiger partial charge in [0.15, 0.2) is 0 Å². The number of hydrogen-bond acceptors (Lipinski definition) is 3. The molecule has 0 fully saturated rings. The third-order valence-electron chi connectivity index (χ3n) is 2.45. The highest BCUT2D eigenvalue weighted by atomic mass is 16.2. The van der Waals surface area contributed by atoms with Gasteiger partial charge in [-0.3, -0.25) is 9.59 Å². The maximum Gasteiger partial charge on any atom is 0.272 e. The van der Waals surface area contributed by atoms with E-state index >= 15 is 0 Å². The fourth-order valence-corrected chi connectivity index (χ4v) is 1.36. The molecule has 5 nitrogen and oxygen atoms in total. The molecule has 4 N–H and O–H groups in total. The first kappa shape index (κ1) is 13.3. The van der Waals surface area contributed by atoms with Crippen molar-refractivity contribution in [3.63, 3.8) is 0 Å². The van der Waals surface area contributed by atoms with Crippen LogP contribution in [0.4, 0.5) is 0 Å². The van der Waals surface area contributed by atoms with E-state index in [9.17, 15) is 9.59 Å². The van der Waals surface area contributed by atoms with Crippen LogP contribution in [-0.4, -0.2) is 11.8 Å². The van der Waals surface area contributed by atoms with Crippen LogP contribution in [0.2, 0.25) is 0 Å². The Morgan fingerprint density at radius 3 is 2.82 bits per heavy atom. The molecule has 0 bridgehead atoms. The third kappa shape index (κ3) is 3.94. The summed E-state index contributed by atoms with van der Waals surface area (Å²) in [5.41, 5.74) is 5.78. The van der Waals surface area contributed by atoms with Gasteiger partial charge in [0, 0.05) is 5.92 Å². The first-order valence-electron chi connectivity index (χ1n) is 5.69. The van der Waals surface area contributed by atoms with Gasteiger partial charge in [0.05, 0.1) is 5.70 Å². The van der Waals surface area contributed by atoms with Crippen LogP contribution in [0.25, 0.3) is 0 Å². The number of carbonyl (C=O) groups excluding carboxylic acids is 2. The van der Waals surface area contributed by atoms with Crippen molar-refractivity contribution in [2.45, 2.75) is 27.2 Å². The van der Waals surface area contributed by atoms with Crippen LogP contribution in [0.1, 0.15) is 27.2 Å². The molecule has 1 rings (SSSR count). The number of carbonyl (C=O) groups is 2. The van der Waals surface area contributed by atoms with Crippen LogP contribution in [0.15, 0.2) is 23.7 Å². The van der Waals surface area contributed by atoms with Crippen molar-refractivity contribution in [2.24, 2.45) is 17.6 Å². The number of nitrogens with two attached hydrogens (primary N) is 1. The lowest BCUT2D eigenvalue weighted by molar-refractivity contribution is -0.123. The quantitative estimate of drug-likeness (QED) is 0.657. The van der Waals surface area contributed by atoms with Gasteiger partial charge in [0.25, 0.3) is 5.91 Å². The third-order valence-corrected chi connectivity index (χ3v) is 2.45. The predicted molar refractivity (Wildman–Crippen MR) is 65.3 cm³/mol. The minimum Gasteiger partial charge on any atom is -0.395 e. The van der Waals surface area contributed by atoms with E-state index in [0.29, 0.717) is 12.2 Å². The van der Waals surface area contributed by atoms with Crippen molar-refractivity contribution in [3.8, 4) is 0 Å². The molecule has 0 spiro atoms. The highest BCUT2D eigenvalue weighted by Gasteiger charge is 2.15. The number of nitrogens with one attached hydrogen (secondary N) is 2. The first-order valence-corrected chi connectivity index (χ1v) is 5.69. The Kier molecular flexibility index (Phi) is 4.31. The molecule has 5 heteroatoms. The Hall–Kier alpha value is -1.78. The summed E-state index contributed by atoms with van der Waals surface area (Å²) in [5, 5.41) is 5.24. The van der Waals surface area contributed by atoms with Gasteiger partial charge in [0.1, 0.15) is 5.82 Å². The van der Waals surface area contributed by atoms with Gasteiger partial charge in [-0.05, 0) is 18.4 Å². The second kappa shape index (κ2) is 5.52. The van der Waals surface area contributed by atoms with Gasteiger partial charge in [-0.2, -0.15) is 0 Å². The van der Waals surface area contributed by atoms with Crippen LogP contribution in [0.3, 0.4) is 0 Å². The highest BCUT2D eigenvalue weighted by Crippen LogP contribution is 2.10. The van der Waals surface area contributed by atoms with E-state index in [0.717, 1.165) is 0 Å². The van der Waals surface area contributed by atoms with Gasteiger partial charge in [-0.25, -0.2) is 0 Å². The fourth-order valence-electron chi connectivity index (χ4n) is 1.36. The molecule has 0 aromatic rings. The molecule has 17 heavy (non-hydrogen) atoms. The smallest absolute Gasteiger partial charge is 0.272 e. The zero-order valence-corrected chi connectivity index (χ0v) is 10.4. The number of hydrogen-bond donors (Lipinski definition) is 3. The van der Waals surface area contributed by atoms with Gasteiger partial charge >= 0.3 is 0 Å². The number of amides is 2. The molecule has 0 saturated heterocycles. The maximum absolute atomic E-state index is 11.6. The van der Waals surface area contributed by atoms with Crippen LogP contribution in [-0.2, 0) is 9.59 Å². The Bertz CT molecular complexity index is 383. The Labute approximate surface area is 101 Å². The first-order chi connectivity index (χ1) is 7.90. The molecule has 0 radical (unpaired) electrons. The van der Waals surface area contributed by atoms with Crippen LogP contribution in [0.5, 0.6) is 0 Å². The number of rotatable bonds is 2. The second-order valence-corrected chi connectivity index (χ2v) is 4.55. The molecule has 1 unspecified atom stereocenters. The Balaban J connectivity index is 2.77. The van der Waals surface area contributed by atoms with Crippen molar-refractivity contribution < 1.29 is 9.59 Å². The van der Waals surface area contributed by atoms with Crippen molar-refractivity contribution in [2.75, 3.05) is 0 Å². The van der Waals surface area contributed by atoms with E-state index in [1.54, 1.807) is 26.0 Å². The molecule has 1 aliphatic rings. The normalized spacial score (nSPS) is 27.1. The molecule has 2 amide bonds. The number of allylic oxidation sites excluding steroid dienone is 2. The van der Waals surface area contributed by atoms with Crippen LogP contribution in [0, 0.1) is 11.8 Å². The summed E-state index contributed by atoms with van der Waals surface area (Å²) in [5.74, 6) is -0.0636. The molecule has 1 aliphatic heterocycles. The molecule has 94 valence electrons. The lowest BCUT2D eigenvalue weighted by Gasteiger charge is -2.17. The topological polar surface area (TPSA) is 84.2 Å². The average molecular weight is 237 g/mol. The molecule has 0 saturated carbocycles. The summed E-state index contributed by atoms with van der Waals surface area (Å²) >= 11 is 0. The van der Waals surface area contributed by atoms with E-state index in [2.05, 4.69) is 10.6 Å². The summed E-state index contributed by atoms with van der Waals surface area (Å²) in [4.78, 5) is 23.1. The van der Waals surface area contributed by atoms with E-state index in [1.165, 1.54) is 0 Å². The minimum absolute atomic E-state index is 0.132. The lowest BCUT2D eigenvalue weighted by Crippen LogP contribution is -2.39. The van der Waals surface area contributed by atoms with Gasteiger partial charge in [0.2, 0.25) is 5.91 Å². The standard InChI is InChI=1S/C12H19N3O2/c1-7(2)11(16)14-10-5-4-8(3)6-9(13)12(17)15-10/h5-8H,4,13H2,1-3H3,(H,14,16)(H,15,17)/b9-6+,10-5+. The summed E-state index contributed by atoms with van der Waals surface area (Å²) in [6, 6.07) is 0. The Morgan fingerprint density at radius 2 is 2.24 bits per heavy atom. The van der Waals surface area contributed by atoms with E-state index in [-0.39, 0.29) is 29.3 Å².